The highest BCUT2D eigenvalue weighted by Crippen LogP contribution is 2.31. The van der Waals surface area contributed by atoms with Gasteiger partial charge < -0.3 is 5.32 Å². The van der Waals surface area contributed by atoms with Crippen LogP contribution in [0.4, 0.5) is 5.69 Å². The van der Waals surface area contributed by atoms with Gasteiger partial charge in [-0.25, -0.2) is 0 Å². The monoisotopic (exact) mass is 501 g/mol. The molecule has 1 heterocycles. The lowest BCUT2D eigenvalue weighted by Gasteiger charge is -2.13. The molecule has 0 aliphatic rings. The van der Waals surface area contributed by atoms with Gasteiger partial charge in [-0.05, 0) is 54.3 Å². The van der Waals surface area contributed by atoms with E-state index in [1.165, 1.54) is 23.9 Å². The molecule has 0 spiro atoms. The first-order valence-electron chi connectivity index (χ1n) is 11.6. The molecule has 0 saturated heterocycles. The van der Waals surface area contributed by atoms with Gasteiger partial charge in [0.15, 0.2) is 11.0 Å². The molecule has 0 fully saturated rings. The fourth-order valence-electron chi connectivity index (χ4n) is 3.68. The molecular formula is C27H27N5O3S. The van der Waals surface area contributed by atoms with E-state index in [-0.39, 0.29) is 11.6 Å². The van der Waals surface area contributed by atoms with E-state index in [1.807, 2.05) is 60.0 Å². The lowest BCUT2D eigenvalue weighted by Crippen LogP contribution is -2.28. The Balaban J connectivity index is 1.67. The third-order valence-corrected chi connectivity index (χ3v) is 6.50. The van der Waals surface area contributed by atoms with Crippen molar-refractivity contribution in [1.82, 2.24) is 20.1 Å². The number of aryl methyl sites for hydroxylation is 1. The van der Waals surface area contributed by atoms with Crippen molar-refractivity contribution in [1.29, 1.82) is 0 Å². The normalized spacial score (nSPS) is 11.0. The van der Waals surface area contributed by atoms with Crippen LogP contribution in [0.25, 0.3) is 17.1 Å². The Hall–Kier alpha value is -3.98. The summed E-state index contributed by atoms with van der Waals surface area (Å²) in [6.45, 7) is 6.74. The van der Waals surface area contributed by atoms with Gasteiger partial charge in [-0.15, -0.1) is 10.2 Å². The van der Waals surface area contributed by atoms with Crippen molar-refractivity contribution in [2.45, 2.75) is 31.7 Å². The third kappa shape index (κ3) is 5.80. The quantitative estimate of drug-likeness (QED) is 0.176. The van der Waals surface area contributed by atoms with E-state index in [9.17, 15) is 14.9 Å². The topological polar surface area (TPSA) is 103 Å². The van der Waals surface area contributed by atoms with Crippen molar-refractivity contribution in [3.63, 3.8) is 0 Å². The van der Waals surface area contributed by atoms with Gasteiger partial charge >= 0.3 is 0 Å². The Labute approximate surface area is 213 Å². The summed E-state index contributed by atoms with van der Waals surface area (Å²) in [6.07, 6.45) is 0. The summed E-state index contributed by atoms with van der Waals surface area (Å²) in [5.74, 6) is 1.38. The van der Waals surface area contributed by atoms with Crippen LogP contribution in [0.15, 0.2) is 78.0 Å². The van der Waals surface area contributed by atoms with Gasteiger partial charge in [0, 0.05) is 41.2 Å². The summed E-state index contributed by atoms with van der Waals surface area (Å²) in [5.41, 5.74) is 4.25. The lowest BCUT2D eigenvalue weighted by atomic mass is 10.1. The highest BCUT2D eigenvalue weighted by atomic mass is 32.2. The van der Waals surface area contributed by atoms with Crippen LogP contribution < -0.4 is 5.32 Å². The number of rotatable bonds is 9. The summed E-state index contributed by atoms with van der Waals surface area (Å²) in [4.78, 5) is 23.4. The van der Waals surface area contributed by atoms with E-state index in [4.69, 9.17) is 0 Å². The van der Waals surface area contributed by atoms with Gasteiger partial charge in [-0.2, -0.15) is 0 Å². The fourth-order valence-corrected chi connectivity index (χ4v) is 4.64. The average molecular weight is 502 g/mol. The first kappa shape index (κ1) is 25.1. The Kier molecular flexibility index (Phi) is 7.80. The number of hydrogen-bond donors (Lipinski definition) is 1. The SMILES string of the molecule is Cc1cccc(-n2c(SCc3ccccc3C(=O)NCC(C)C)nnc2-c2ccc([N+](=O)[O-])cc2)c1. The molecule has 36 heavy (non-hydrogen) atoms. The number of nitro benzene ring substituents is 1. The Morgan fingerprint density at radius 1 is 1.06 bits per heavy atom. The van der Waals surface area contributed by atoms with Gasteiger partial charge in [0.1, 0.15) is 0 Å². The maximum absolute atomic E-state index is 12.8. The fraction of sp³-hybridized carbons (Fsp3) is 0.222. The number of benzene rings is 3. The van der Waals surface area contributed by atoms with Crippen LogP contribution in [0, 0.1) is 23.0 Å². The predicted octanol–water partition coefficient (Wildman–Crippen LogP) is 5.83. The molecule has 3 aromatic carbocycles. The van der Waals surface area contributed by atoms with Gasteiger partial charge in [0.25, 0.3) is 11.6 Å². The number of amides is 1. The van der Waals surface area contributed by atoms with Gasteiger partial charge in [-0.3, -0.25) is 19.5 Å². The molecular weight excluding hydrogens is 474 g/mol. The number of carbonyl (C=O) groups is 1. The molecule has 0 bridgehead atoms. The van der Waals surface area contributed by atoms with Crippen molar-refractivity contribution in [2.75, 3.05) is 6.54 Å². The second-order valence-corrected chi connectivity index (χ2v) is 9.78. The summed E-state index contributed by atoms with van der Waals surface area (Å²) in [7, 11) is 0. The van der Waals surface area contributed by atoms with Crippen LogP contribution in [0.3, 0.4) is 0 Å². The number of nitrogens with one attached hydrogen (secondary N) is 1. The molecule has 0 radical (unpaired) electrons. The minimum Gasteiger partial charge on any atom is -0.352 e. The number of nitro groups is 1. The third-order valence-electron chi connectivity index (χ3n) is 5.52. The Bertz CT molecular complexity index is 1380. The van der Waals surface area contributed by atoms with Crippen molar-refractivity contribution >= 4 is 23.4 Å². The number of aromatic nitrogens is 3. The first-order chi connectivity index (χ1) is 17.3. The van der Waals surface area contributed by atoms with Gasteiger partial charge in [0.2, 0.25) is 0 Å². The number of non-ortho nitro benzene ring substituents is 1. The minimum absolute atomic E-state index is 0.0160. The van der Waals surface area contributed by atoms with E-state index in [2.05, 4.69) is 29.4 Å². The van der Waals surface area contributed by atoms with Crippen molar-refractivity contribution < 1.29 is 9.72 Å². The van der Waals surface area contributed by atoms with E-state index in [0.717, 1.165) is 22.4 Å². The molecule has 0 atom stereocenters. The van der Waals surface area contributed by atoms with Crippen LogP contribution in [-0.4, -0.2) is 32.1 Å². The lowest BCUT2D eigenvalue weighted by molar-refractivity contribution is -0.384. The summed E-state index contributed by atoms with van der Waals surface area (Å²) in [5, 5.41) is 23.6. The molecule has 8 nitrogen and oxygen atoms in total. The zero-order chi connectivity index (χ0) is 25.7. The molecule has 184 valence electrons. The first-order valence-corrected chi connectivity index (χ1v) is 12.6. The second-order valence-electron chi connectivity index (χ2n) is 8.83. The van der Waals surface area contributed by atoms with Crippen LogP contribution in [0.5, 0.6) is 0 Å². The van der Waals surface area contributed by atoms with Crippen molar-refractivity contribution in [3.05, 3.63) is 99.6 Å². The zero-order valence-corrected chi connectivity index (χ0v) is 21.2. The largest absolute Gasteiger partial charge is 0.352 e. The maximum Gasteiger partial charge on any atom is 0.269 e. The van der Waals surface area contributed by atoms with Crippen LogP contribution in [0.1, 0.15) is 35.3 Å². The molecule has 0 aliphatic heterocycles. The highest BCUT2D eigenvalue weighted by molar-refractivity contribution is 7.98. The summed E-state index contributed by atoms with van der Waals surface area (Å²) in [6, 6.07) is 21.8. The molecule has 0 aliphatic carbocycles. The Morgan fingerprint density at radius 3 is 2.50 bits per heavy atom. The second kappa shape index (κ2) is 11.2. The zero-order valence-electron chi connectivity index (χ0n) is 20.3. The molecule has 4 aromatic rings. The predicted molar refractivity (Wildman–Crippen MR) is 141 cm³/mol. The smallest absolute Gasteiger partial charge is 0.269 e. The number of thioether (sulfide) groups is 1. The summed E-state index contributed by atoms with van der Waals surface area (Å²) >= 11 is 1.48. The van der Waals surface area contributed by atoms with Crippen molar-refractivity contribution in [2.24, 2.45) is 5.92 Å². The molecule has 0 saturated carbocycles. The van der Waals surface area contributed by atoms with Crippen LogP contribution >= 0.6 is 11.8 Å². The van der Waals surface area contributed by atoms with Crippen LogP contribution in [0.2, 0.25) is 0 Å². The molecule has 9 heteroatoms. The number of carbonyl (C=O) groups excluding carboxylic acids is 1. The van der Waals surface area contributed by atoms with E-state index in [0.29, 0.717) is 34.8 Å². The van der Waals surface area contributed by atoms with E-state index in [1.54, 1.807) is 12.1 Å². The van der Waals surface area contributed by atoms with Gasteiger partial charge in [-0.1, -0.05) is 55.9 Å². The number of nitrogens with zero attached hydrogens (tertiary/aromatic N) is 4. The summed E-state index contributed by atoms with van der Waals surface area (Å²) < 4.78 is 1.94. The van der Waals surface area contributed by atoms with Crippen molar-refractivity contribution in [3.8, 4) is 17.1 Å². The van der Waals surface area contributed by atoms with E-state index >= 15 is 0 Å². The van der Waals surface area contributed by atoms with E-state index < -0.39 is 4.92 Å². The molecule has 1 aromatic heterocycles. The standard InChI is InChI=1S/C27H27N5O3S/c1-18(2)16-28-26(33)24-10-5-4-8-21(24)17-36-27-30-29-25(20-11-13-22(14-12-20)32(34)35)31(27)23-9-6-7-19(3)15-23/h4-15,18H,16-17H2,1-3H3,(H,28,33). The Morgan fingerprint density at radius 2 is 1.81 bits per heavy atom. The maximum atomic E-state index is 12.8. The van der Waals surface area contributed by atoms with Gasteiger partial charge in [0.05, 0.1) is 4.92 Å². The minimum atomic E-state index is -0.425. The average Bonchev–Trinajstić information content (AvgIpc) is 3.30. The molecule has 1 N–H and O–H groups in total. The molecule has 1 amide bonds. The highest BCUT2D eigenvalue weighted by Gasteiger charge is 2.19. The van der Waals surface area contributed by atoms with Crippen LogP contribution in [-0.2, 0) is 5.75 Å². The molecule has 4 rings (SSSR count). The molecule has 0 unspecified atom stereocenters. The number of hydrogen-bond acceptors (Lipinski definition) is 6.